The van der Waals surface area contributed by atoms with Crippen LogP contribution >= 0.6 is 0 Å². The van der Waals surface area contributed by atoms with Crippen LogP contribution in [0.15, 0.2) is 65.0 Å². The summed E-state index contributed by atoms with van der Waals surface area (Å²) in [6.07, 6.45) is -6.46. The number of ether oxygens (including phenoxy) is 1. The molecular weight excluding hydrogens is 472 g/mol. The zero-order valence-corrected chi connectivity index (χ0v) is 19.3. The molecule has 2 aromatic carbocycles. The van der Waals surface area contributed by atoms with Gasteiger partial charge in [0, 0.05) is 30.6 Å². The number of hydrogen-bond acceptors (Lipinski definition) is 9. The molecule has 0 spiro atoms. The van der Waals surface area contributed by atoms with Crippen LogP contribution < -0.4 is 10.6 Å². The fourth-order valence-electron chi connectivity index (χ4n) is 4.02. The minimum absolute atomic E-state index is 0.303. The van der Waals surface area contributed by atoms with Gasteiger partial charge in [0.05, 0.1) is 12.1 Å². The third-order valence-corrected chi connectivity index (χ3v) is 5.87. The molecular formula is C24H26N4O8. The molecule has 1 aliphatic heterocycles. The number of aliphatic hydroxyl groups excluding tert-OH is 2. The zero-order chi connectivity index (χ0) is 26.2. The Morgan fingerprint density at radius 1 is 1.06 bits per heavy atom. The Morgan fingerprint density at radius 3 is 2.28 bits per heavy atom. The van der Waals surface area contributed by atoms with Crippen molar-refractivity contribution in [1.82, 2.24) is 10.6 Å². The lowest BCUT2D eigenvalue weighted by molar-refractivity contribution is -0.172. The molecule has 190 valence electrons. The number of hydrogen-bond donors (Lipinski definition) is 4. The van der Waals surface area contributed by atoms with E-state index in [0.717, 1.165) is 11.1 Å². The first-order valence-electron chi connectivity index (χ1n) is 11.2. The monoisotopic (exact) mass is 498 g/mol. The van der Waals surface area contributed by atoms with Gasteiger partial charge in [-0.1, -0.05) is 47.6 Å². The molecule has 3 rings (SSSR count). The van der Waals surface area contributed by atoms with Gasteiger partial charge in [-0.3, -0.25) is 14.4 Å². The van der Waals surface area contributed by atoms with Gasteiger partial charge in [0.15, 0.2) is 0 Å². The average Bonchev–Trinajstić information content (AvgIpc) is 2.89. The number of amides is 3. The topological polar surface area (TPSA) is 184 Å². The van der Waals surface area contributed by atoms with Gasteiger partial charge in [0.1, 0.15) is 24.4 Å². The zero-order valence-electron chi connectivity index (χ0n) is 19.3. The molecule has 1 heterocycles. The standard InChI is InChI=1S/C24H26N4O8/c1-13(29)26-20-18(30)11-19(24(33)28-35)36-22(20)21(31)17(27-34)12-25-23(32)16-9-7-15(8-10-16)14-5-3-2-4-6-14/h2-10,17-22,30-31H,11-12H2,1H3,(H,25,32)(H,26,29). The Hall–Kier alpha value is -3.87. The van der Waals surface area contributed by atoms with Gasteiger partial charge in [-0.15, -0.1) is 4.91 Å². The predicted molar refractivity (Wildman–Crippen MR) is 127 cm³/mol. The first kappa shape index (κ1) is 26.7. The largest absolute Gasteiger partial charge is 0.391 e. The molecule has 0 aliphatic carbocycles. The molecule has 12 nitrogen and oxygen atoms in total. The second-order valence-corrected chi connectivity index (χ2v) is 8.36. The molecule has 6 atom stereocenters. The highest BCUT2D eigenvalue weighted by atomic mass is 16.5. The lowest BCUT2D eigenvalue weighted by Crippen LogP contribution is -2.63. The first-order valence-corrected chi connectivity index (χ1v) is 11.2. The van der Waals surface area contributed by atoms with E-state index in [9.17, 15) is 34.4 Å². The Labute approximate surface area is 206 Å². The minimum Gasteiger partial charge on any atom is -0.391 e. The van der Waals surface area contributed by atoms with Crippen LogP contribution in [0.1, 0.15) is 23.7 Å². The van der Waals surface area contributed by atoms with Crippen molar-refractivity contribution in [2.24, 2.45) is 10.4 Å². The van der Waals surface area contributed by atoms with E-state index in [0.29, 0.717) is 5.56 Å². The number of benzene rings is 2. The summed E-state index contributed by atoms with van der Waals surface area (Å²) in [5.74, 6) is -2.31. The highest BCUT2D eigenvalue weighted by Gasteiger charge is 2.47. The maximum absolute atomic E-state index is 12.6. The molecule has 1 saturated heterocycles. The summed E-state index contributed by atoms with van der Waals surface area (Å²) in [5, 5.41) is 31.2. The van der Waals surface area contributed by atoms with Crippen molar-refractivity contribution in [3.63, 3.8) is 0 Å². The van der Waals surface area contributed by atoms with Gasteiger partial charge in [0.25, 0.3) is 5.91 Å². The van der Waals surface area contributed by atoms with Gasteiger partial charge in [-0.2, -0.15) is 4.91 Å². The summed E-state index contributed by atoms with van der Waals surface area (Å²) >= 11 is 0. The van der Waals surface area contributed by atoms with Crippen LogP contribution in [0.4, 0.5) is 0 Å². The number of rotatable bonds is 9. The van der Waals surface area contributed by atoms with Crippen molar-refractivity contribution in [2.45, 2.75) is 49.8 Å². The molecule has 6 unspecified atom stereocenters. The van der Waals surface area contributed by atoms with Crippen LogP contribution in [-0.4, -0.2) is 71.0 Å². The van der Waals surface area contributed by atoms with Crippen molar-refractivity contribution >= 4 is 17.7 Å². The summed E-state index contributed by atoms with van der Waals surface area (Å²) in [6.45, 7) is 0.760. The number of nitrogens with one attached hydrogen (secondary N) is 2. The molecule has 1 aliphatic rings. The minimum atomic E-state index is -1.75. The third kappa shape index (κ3) is 6.42. The molecule has 0 bridgehead atoms. The Balaban J connectivity index is 1.69. The fraction of sp³-hybridized carbons (Fsp3) is 0.375. The van der Waals surface area contributed by atoms with Crippen molar-refractivity contribution in [2.75, 3.05) is 6.54 Å². The number of carbonyl (C=O) groups is 3. The fourth-order valence-corrected chi connectivity index (χ4v) is 4.02. The van der Waals surface area contributed by atoms with Crippen LogP contribution in [0.5, 0.6) is 0 Å². The van der Waals surface area contributed by atoms with E-state index in [1.165, 1.54) is 6.92 Å². The van der Waals surface area contributed by atoms with Gasteiger partial charge >= 0.3 is 5.91 Å². The maximum atomic E-state index is 12.6. The van der Waals surface area contributed by atoms with Gasteiger partial charge in [-0.25, -0.2) is 0 Å². The smallest absolute Gasteiger partial charge is 0.314 e. The van der Waals surface area contributed by atoms with Crippen LogP contribution in [0.2, 0.25) is 0 Å². The molecule has 1 fully saturated rings. The molecule has 36 heavy (non-hydrogen) atoms. The third-order valence-electron chi connectivity index (χ3n) is 5.87. The quantitative estimate of drug-likeness (QED) is 0.367. The summed E-state index contributed by atoms with van der Waals surface area (Å²) in [6, 6.07) is 13.6. The predicted octanol–water partition coefficient (Wildman–Crippen LogP) is 0.895. The molecule has 12 heteroatoms. The Kier molecular flexibility index (Phi) is 9.06. The van der Waals surface area contributed by atoms with Crippen LogP contribution in [0.25, 0.3) is 11.1 Å². The van der Waals surface area contributed by atoms with Crippen LogP contribution in [0, 0.1) is 9.81 Å². The van der Waals surface area contributed by atoms with Gasteiger partial charge < -0.3 is 25.6 Å². The van der Waals surface area contributed by atoms with Crippen molar-refractivity contribution in [3.8, 4) is 11.1 Å². The van der Waals surface area contributed by atoms with E-state index in [1.807, 2.05) is 30.3 Å². The Morgan fingerprint density at radius 2 is 1.69 bits per heavy atom. The highest BCUT2D eigenvalue weighted by Crippen LogP contribution is 2.26. The van der Waals surface area contributed by atoms with E-state index >= 15 is 0 Å². The molecule has 0 radical (unpaired) electrons. The maximum Gasteiger partial charge on any atom is 0.314 e. The second kappa shape index (κ2) is 12.2. The van der Waals surface area contributed by atoms with E-state index in [-0.39, 0.29) is 6.42 Å². The summed E-state index contributed by atoms with van der Waals surface area (Å²) in [7, 11) is 0. The van der Waals surface area contributed by atoms with Crippen molar-refractivity contribution in [3.05, 3.63) is 70.0 Å². The SMILES string of the molecule is CC(=O)NC1C(O)CC(C(=O)N=O)OC1C(O)C(CNC(=O)c1ccc(-c2ccccc2)cc1)N=O. The number of aliphatic hydroxyl groups is 2. The van der Waals surface area contributed by atoms with E-state index in [1.54, 1.807) is 24.3 Å². The second-order valence-electron chi connectivity index (χ2n) is 8.36. The van der Waals surface area contributed by atoms with Crippen molar-refractivity contribution < 1.29 is 29.3 Å². The van der Waals surface area contributed by atoms with Gasteiger partial charge in [-0.05, 0) is 23.3 Å². The van der Waals surface area contributed by atoms with Crippen LogP contribution in [0.3, 0.4) is 0 Å². The molecule has 2 aromatic rings. The van der Waals surface area contributed by atoms with Gasteiger partial charge in [0.2, 0.25) is 5.91 Å². The number of carbonyl (C=O) groups excluding carboxylic acids is 3. The average molecular weight is 498 g/mol. The Bertz CT molecular complexity index is 1100. The van der Waals surface area contributed by atoms with Crippen molar-refractivity contribution in [1.29, 1.82) is 0 Å². The summed E-state index contributed by atoms with van der Waals surface area (Å²) in [4.78, 5) is 58.1. The van der Waals surface area contributed by atoms with E-state index in [4.69, 9.17) is 4.74 Å². The molecule has 0 aromatic heterocycles. The lowest BCUT2D eigenvalue weighted by Gasteiger charge is -2.41. The highest BCUT2D eigenvalue weighted by molar-refractivity contribution is 5.94. The summed E-state index contributed by atoms with van der Waals surface area (Å²) in [5.41, 5.74) is 2.18. The van der Waals surface area contributed by atoms with E-state index in [2.05, 4.69) is 21.0 Å². The number of nitrogens with zero attached hydrogens (tertiary/aromatic N) is 2. The normalized spacial score (nSPS) is 23.1. The molecule has 3 amide bonds. The van der Waals surface area contributed by atoms with E-state index < -0.39 is 60.8 Å². The van der Waals surface area contributed by atoms with Crippen LogP contribution in [-0.2, 0) is 14.3 Å². The first-order chi connectivity index (χ1) is 17.2. The lowest BCUT2D eigenvalue weighted by atomic mass is 9.89. The summed E-state index contributed by atoms with van der Waals surface area (Å²) < 4.78 is 5.43. The number of nitroso groups, excluding NO2 is 2. The molecule has 4 N–H and O–H groups in total. The molecule has 0 saturated carbocycles.